The third kappa shape index (κ3) is 3.28. The molecule has 3 atom stereocenters. The molecule has 5 rings (SSSR count). The van der Waals surface area contributed by atoms with Gasteiger partial charge in [0.15, 0.2) is 0 Å². The Labute approximate surface area is 165 Å². The monoisotopic (exact) mass is 379 g/mol. The number of ether oxygens (including phenoxy) is 1. The zero-order valence-corrected chi connectivity index (χ0v) is 16.0. The molecule has 5 heteroatoms. The summed E-state index contributed by atoms with van der Waals surface area (Å²) in [6.07, 6.45) is 3.53. The SMILES string of the molecule is Fc1ccc([C@H]2c3ccccc3CCN2C2=NC[C@H]([C@@H]3CCCNC3)O2)cc1. The summed E-state index contributed by atoms with van der Waals surface area (Å²) in [5.74, 6) is 0.315. The number of halogens is 1. The fourth-order valence-corrected chi connectivity index (χ4v) is 4.76. The summed E-state index contributed by atoms with van der Waals surface area (Å²) < 4.78 is 19.9. The molecule has 3 aliphatic heterocycles. The van der Waals surface area contributed by atoms with E-state index in [2.05, 4.69) is 34.5 Å². The second-order valence-corrected chi connectivity index (χ2v) is 7.98. The highest BCUT2D eigenvalue weighted by atomic mass is 19.1. The van der Waals surface area contributed by atoms with E-state index >= 15 is 0 Å². The molecule has 0 aromatic heterocycles. The van der Waals surface area contributed by atoms with Crippen molar-refractivity contribution in [3.05, 3.63) is 71.0 Å². The molecule has 0 amide bonds. The molecule has 2 aromatic rings. The number of hydrogen-bond acceptors (Lipinski definition) is 4. The lowest BCUT2D eigenvalue weighted by atomic mass is 9.88. The summed E-state index contributed by atoms with van der Waals surface area (Å²) in [5.41, 5.74) is 3.68. The van der Waals surface area contributed by atoms with Gasteiger partial charge in [-0.1, -0.05) is 36.4 Å². The zero-order chi connectivity index (χ0) is 18.9. The van der Waals surface area contributed by atoms with E-state index < -0.39 is 0 Å². The summed E-state index contributed by atoms with van der Waals surface area (Å²) in [4.78, 5) is 7.07. The van der Waals surface area contributed by atoms with Gasteiger partial charge in [0.1, 0.15) is 11.9 Å². The maximum Gasteiger partial charge on any atom is 0.288 e. The lowest BCUT2D eigenvalue weighted by Crippen LogP contribution is -2.43. The number of fused-ring (bicyclic) bond motifs is 1. The number of amidine groups is 1. The van der Waals surface area contributed by atoms with Gasteiger partial charge in [0.25, 0.3) is 6.02 Å². The van der Waals surface area contributed by atoms with Gasteiger partial charge < -0.3 is 15.0 Å². The van der Waals surface area contributed by atoms with Crippen LogP contribution in [0.4, 0.5) is 4.39 Å². The highest BCUT2D eigenvalue weighted by molar-refractivity contribution is 5.77. The minimum atomic E-state index is -0.210. The average Bonchev–Trinajstić information content (AvgIpc) is 3.24. The Morgan fingerprint density at radius 3 is 2.79 bits per heavy atom. The van der Waals surface area contributed by atoms with Gasteiger partial charge in [0.2, 0.25) is 0 Å². The van der Waals surface area contributed by atoms with Gasteiger partial charge in [-0.3, -0.25) is 0 Å². The molecule has 1 saturated heterocycles. The van der Waals surface area contributed by atoms with E-state index in [-0.39, 0.29) is 18.0 Å². The first-order chi connectivity index (χ1) is 13.8. The molecule has 146 valence electrons. The largest absolute Gasteiger partial charge is 0.460 e. The molecule has 1 fully saturated rings. The van der Waals surface area contributed by atoms with E-state index in [1.807, 2.05) is 12.1 Å². The molecule has 1 N–H and O–H groups in total. The first-order valence-corrected chi connectivity index (χ1v) is 10.3. The number of hydrogen-bond donors (Lipinski definition) is 1. The molecular formula is C23H26FN3O. The summed E-state index contributed by atoms with van der Waals surface area (Å²) >= 11 is 0. The van der Waals surface area contributed by atoms with Crippen LogP contribution in [0.1, 0.15) is 35.6 Å². The van der Waals surface area contributed by atoms with Crippen LogP contribution in [0.25, 0.3) is 0 Å². The molecule has 3 aliphatic rings. The van der Waals surface area contributed by atoms with Crippen LogP contribution in [0.2, 0.25) is 0 Å². The second kappa shape index (κ2) is 7.55. The van der Waals surface area contributed by atoms with Crippen LogP contribution in [0.3, 0.4) is 0 Å². The molecular weight excluding hydrogens is 353 g/mol. The maximum absolute atomic E-state index is 13.5. The predicted octanol–water partition coefficient (Wildman–Crippen LogP) is 3.53. The Morgan fingerprint density at radius 1 is 1.11 bits per heavy atom. The minimum Gasteiger partial charge on any atom is -0.460 e. The van der Waals surface area contributed by atoms with Crippen molar-refractivity contribution in [1.29, 1.82) is 0 Å². The van der Waals surface area contributed by atoms with Crippen molar-refractivity contribution in [3.63, 3.8) is 0 Å². The van der Waals surface area contributed by atoms with Crippen molar-refractivity contribution in [3.8, 4) is 0 Å². The van der Waals surface area contributed by atoms with Gasteiger partial charge in [-0.05, 0) is 54.6 Å². The number of rotatable bonds is 2. The quantitative estimate of drug-likeness (QED) is 0.867. The molecule has 28 heavy (non-hydrogen) atoms. The molecule has 0 bridgehead atoms. The standard InChI is InChI=1S/C23H26FN3O/c24-19-9-7-17(8-10-19)22-20-6-2-1-4-16(20)11-13-27(22)23-26-15-21(28-23)18-5-3-12-25-14-18/h1-2,4,6-10,18,21-22,25H,3,5,11-15H2/t18-,21-,22+/m1/s1. The van der Waals surface area contributed by atoms with E-state index in [1.54, 1.807) is 12.1 Å². The van der Waals surface area contributed by atoms with E-state index in [1.165, 1.54) is 24.0 Å². The van der Waals surface area contributed by atoms with Crippen molar-refractivity contribution in [2.24, 2.45) is 10.9 Å². The minimum absolute atomic E-state index is 0.00697. The van der Waals surface area contributed by atoms with E-state index in [0.717, 1.165) is 44.2 Å². The summed E-state index contributed by atoms with van der Waals surface area (Å²) in [6, 6.07) is 16.1. The van der Waals surface area contributed by atoms with Crippen LogP contribution in [0.15, 0.2) is 53.5 Å². The van der Waals surface area contributed by atoms with Gasteiger partial charge in [0.05, 0.1) is 12.6 Å². The number of piperidine rings is 1. The Balaban J connectivity index is 1.44. The Kier molecular flexibility index (Phi) is 4.77. The fourth-order valence-electron chi connectivity index (χ4n) is 4.76. The molecule has 0 radical (unpaired) electrons. The van der Waals surface area contributed by atoms with Crippen molar-refractivity contribution >= 4 is 6.02 Å². The topological polar surface area (TPSA) is 36.9 Å². The van der Waals surface area contributed by atoms with Gasteiger partial charge >= 0.3 is 0 Å². The molecule has 2 aromatic carbocycles. The normalized spacial score (nSPS) is 27.1. The highest BCUT2D eigenvalue weighted by Gasteiger charge is 2.37. The number of benzene rings is 2. The van der Waals surface area contributed by atoms with E-state index in [0.29, 0.717) is 5.92 Å². The van der Waals surface area contributed by atoms with Crippen LogP contribution < -0.4 is 5.32 Å². The van der Waals surface area contributed by atoms with Crippen molar-refractivity contribution in [1.82, 2.24) is 10.2 Å². The third-order valence-electron chi connectivity index (χ3n) is 6.24. The van der Waals surface area contributed by atoms with Crippen LogP contribution in [-0.2, 0) is 11.2 Å². The summed E-state index contributed by atoms with van der Waals surface area (Å²) in [6.45, 7) is 3.70. The van der Waals surface area contributed by atoms with Gasteiger partial charge in [-0.25, -0.2) is 9.38 Å². The lowest BCUT2D eigenvalue weighted by molar-refractivity contribution is 0.104. The Morgan fingerprint density at radius 2 is 1.96 bits per heavy atom. The molecule has 4 nitrogen and oxygen atoms in total. The number of nitrogens with zero attached hydrogens (tertiary/aromatic N) is 2. The van der Waals surface area contributed by atoms with Crippen LogP contribution in [-0.4, -0.2) is 43.2 Å². The van der Waals surface area contributed by atoms with E-state index in [9.17, 15) is 4.39 Å². The smallest absolute Gasteiger partial charge is 0.288 e. The average molecular weight is 379 g/mol. The van der Waals surface area contributed by atoms with Crippen LogP contribution in [0.5, 0.6) is 0 Å². The molecule has 0 saturated carbocycles. The Hall–Kier alpha value is -2.40. The van der Waals surface area contributed by atoms with Crippen molar-refractivity contribution in [2.45, 2.75) is 31.4 Å². The first-order valence-electron chi connectivity index (χ1n) is 10.3. The van der Waals surface area contributed by atoms with Crippen LogP contribution >= 0.6 is 0 Å². The van der Waals surface area contributed by atoms with Crippen molar-refractivity contribution in [2.75, 3.05) is 26.2 Å². The number of aliphatic imine (C=N–C) groups is 1. The van der Waals surface area contributed by atoms with Crippen LogP contribution in [0, 0.1) is 11.7 Å². The van der Waals surface area contributed by atoms with Gasteiger partial charge in [-0.2, -0.15) is 0 Å². The lowest BCUT2D eigenvalue weighted by Gasteiger charge is -2.39. The maximum atomic E-state index is 13.5. The molecule has 3 heterocycles. The summed E-state index contributed by atoms with van der Waals surface area (Å²) in [7, 11) is 0. The highest BCUT2D eigenvalue weighted by Crippen LogP contribution is 2.37. The summed E-state index contributed by atoms with van der Waals surface area (Å²) in [5, 5.41) is 3.48. The van der Waals surface area contributed by atoms with E-state index in [4.69, 9.17) is 9.73 Å². The van der Waals surface area contributed by atoms with Gasteiger partial charge in [-0.15, -0.1) is 0 Å². The number of nitrogens with one attached hydrogen (secondary N) is 1. The van der Waals surface area contributed by atoms with Gasteiger partial charge in [0, 0.05) is 19.0 Å². The fraction of sp³-hybridized carbons (Fsp3) is 0.435. The second-order valence-electron chi connectivity index (χ2n) is 7.98. The first kappa shape index (κ1) is 17.7. The molecule has 0 unspecified atom stereocenters. The Bertz CT molecular complexity index is 860. The zero-order valence-electron chi connectivity index (χ0n) is 16.0. The third-order valence-corrected chi connectivity index (χ3v) is 6.24. The molecule has 0 aliphatic carbocycles. The molecule has 0 spiro atoms. The van der Waals surface area contributed by atoms with Crippen molar-refractivity contribution < 1.29 is 9.13 Å². The predicted molar refractivity (Wildman–Crippen MR) is 108 cm³/mol.